The third-order valence-electron chi connectivity index (χ3n) is 2.90. The molecule has 94 valence electrons. The van der Waals surface area contributed by atoms with Crippen molar-refractivity contribution in [1.82, 2.24) is 9.97 Å². The molecule has 0 N–H and O–H groups in total. The fourth-order valence-electron chi connectivity index (χ4n) is 1.70. The Bertz CT molecular complexity index is 349. The zero-order valence-electron chi connectivity index (χ0n) is 11.2. The van der Waals surface area contributed by atoms with Gasteiger partial charge in [-0.3, -0.25) is 4.98 Å². The van der Waals surface area contributed by atoms with Gasteiger partial charge >= 0.3 is 0 Å². The van der Waals surface area contributed by atoms with Gasteiger partial charge in [0.25, 0.3) is 0 Å². The van der Waals surface area contributed by atoms with Crippen LogP contribution in [0.3, 0.4) is 0 Å². The van der Waals surface area contributed by atoms with E-state index in [1.807, 2.05) is 6.20 Å². The van der Waals surface area contributed by atoms with Gasteiger partial charge in [0, 0.05) is 13.1 Å². The molecule has 0 saturated heterocycles. The first-order valence-corrected chi connectivity index (χ1v) is 6.40. The highest BCUT2D eigenvalue weighted by Gasteiger charge is 2.11. The van der Waals surface area contributed by atoms with Crippen LogP contribution in [0.5, 0.6) is 0 Å². The van der Waals surface area contributed by atoms with Crippen molar-refractivity contribution in [3.63, 3.8) is 0 Å². The van der Waals surface area contributed by atoms with E-state index in [4.69, 9.17) is 0 Å². The Morgan fingerprint density at radius 1 is 1.41 bits per heavy atom. The Labute approximate surface area is 105 Å². The van der Waals surface area contributed by atoms with Crippen molar-refractivity contribution in [2.45, 2.75) is 33.6 Å². The summed E-state index contributed by atoms with van der Waals surface area (Å²) in [7, 11) is 0. The maximum absolute atomic E-state index is 4.54. The molecule has 1 unspecified atom stereocenters. The molecular weight excluding hydrogens is 210 g/mol. The van der Waals surface area contributed by atoms with E-state index in [-0.39, 0.29) is 0 Å². The number of hydrogen-bond acceptors (Lipinski definition) is 3. The van der Waals surface area contributed by atoms with Crippen LogP contribution in [-0.2, 0) is 0 Å². The minimum absolute atomic E-state index is 0.677. The Morgan fingerprint density at radius 2 is 2.18 bits per heavy atom. The first-order valence-electron chi connectivity index (χ1n) is 6.40. The molecule has 1 aromatic heterocycles. The van der Waals surface area contributed by atoms with Gasteiger partial charge in [0.05, 0.1) is 18.1 Å². The number of hydrogen-bond donors (Lipinski definition) is 0. The van der Waals surface area contributed by atoms with Crippen molar-refractivity contribution in [2.75, 3.05) is 18.0 Å². The molecule has 0 bridgehead atoms. The van der Waals surface area contributed by atoms with Gasteiger partial charge in [0.2, 0.25) is 0 Å². The summed E-state index contributed by atoms with van der Waals surface area (Å²) in [6.07, 6.45) is 7.63. The monoisotopic (exact) mass is 233 g/mol. The molecular formula is C14H23N3. The van der Waals surface area contributed by atoms with Crippen LogP contribution in [0.2, 0.25) is 0 Å². The second-order valence-electron chi connectivity index (χ2n) is 4.47. The number of aromatic nitrogens is 2. The lowest BCUT2D eigenvalue weighted by molar-refractivity contribution is 0.538. The van der Waals surface area contributed by atoms with Gasteiger partial charge in [-0.05, 0) is 18.4 Å². The second kappa shape index (κ2) is 7.05. The van der Waals surface area contributed by atoms with Crippen molar-refractivity contribution in [3.8, 4) is 0 Å². The summed E-state index contributed by atoms with van der Waals surface area (Å²) < 4.78 is 0. The van der Waals surface area contributed by atoms with Gasteiger partial charge in [0.1, 0.15) is 5.82 Å². The minimum Gasteiger partial charge on any atom is -0.355 e. The highest BCUT2D eigenvalue weighted by molar-refractivity contribution is 5.45. The molecule has 0 fully saturated rings. The molecule has 0 aliphatic heterocycles. The van der Waals surface area contributed by atoms with Gasteiger partial charge in [-0.25, -0.2) is 4.98 Å². The summed E-state index contributed by atoms with van der Waals surface area (Å²) in [5.41, 5.74) is 0.841. The zero-order valence-corrected chi connectivity index (χ0v) is 11.2. The molecule has 0 aliphatic rings. The molecule has 0 radical (unpaired) electrons. The largest absolute Gasteiger partial charge is 0.355 e. The van der Waals surface area contributed by atoms with Gasteiger partial charge in [-0.15, -0.1) is 0 Å². The highest BCUT2D eigenvalue weighted by Crippen LogP contribution is 2.14. The standard InChI is InChI=1S/C14H23N3/c1-5-8-17(11-12(4)6-2)14-10-15-9-13(7-3)16-14/h7,9-10,12H,3,5-6,8,11H2,1-2,4H3. The van der Waals surface area contributed by atoms with E-state index in [2.05, 4.69) is 42.2 Å². The van der Waals surface area contributed by atoms with Crippen LogP contribution in [0.25, 0.3) is 6.08 Å². The van der Waals surface area contributed by atoms with Gasteiger partial charge in [-0.1, -0.05) is 33.8 Å². The lowest BCUT2D eigenvalue weighted by atomic mass is 10.1. The van der Waals surface area contributed by atoms with Crippen LogP contribution in [-0.4, -0.2) is 23.1 Å². The number of anilines is 1. The van der Waals surface area contributed by atoms with E-state index in [1.165, 1.54) is 6.42 Å². The molecule has 17 heavy (non-hydrogen) atoms. The molecule has 1 aromatic rings. The molecule has 3 heteroatoms. The van der Waals surface area contributed by atoms with Crippen LogP contribution >= 0.6 is 0 Å². The van der Waals surface area contributed by atoms with Gasteiger partial charge in [0.15, 0.2) is 0 Å². The van der Waals surface area contributed by atoms with Gasteiger partial charge < -0.3 is 4.90 Å². The molecule has 1 rings (SSSR count). The topological polar surface area (TPSA) is 29.0 Å². The average molecular weight is 233 g/mol. The van der Waals surface area contributed by atoms with E-state index in [0.717, 1.165) is 31.0 Å². The first kappa shape index (κ1) is 13.7. The van der Waals surface area contributed by atoms with Crippen molar-refractivity contribution in [1.29, 1.82) is 0 Å². The van der Waals surface area contributed by atoms with Crippen molar-refractivity contribution < 1.29 is 0 Å². The summed E-state index contributed by atoms with van der Waals surface area (Å²) in [5.74, 6) is 1.64. The third kappa shape index (κ3) is 4.17. The Morgan fingerprint density at radius 3 is 2.76 bits per heavy atom. The van der Waals surface area contributed by atoms with E-state index in [0.29, 0.717) is 5.92 Å². The number of rotatable bonds is 7. The predicted octanol–water partition coefficient (Wildman–Crippen LogP) is 3.38. The van der Waals surface area contributed by atoms with Crippen LogP contribution in [0.4, 0.5) is 5.82 Å². The molecule has 0 aliphatic carbocycles. The summed E-state index contributed by atoms with van der Waals surface area (Å²) in [5, 5.41) is 0. The second-order valence-corrected chi connectivity index (χ2v) is 4.47. The maximum Gasteiger partial charge on any atom is 0.147 e. The third-order valence-corrected chi connectivity index (χ3v) is 2.90. The molecule has 0 spiro atoms. The first-order chi connectivity index (χ1) is 8.21. The van der Waals surface area contributed by atoms with Crippen LogP contribution < -0.4 is 4.90 Å². The van der Waals surface area contributed by atoms with Crippen LogP contribution in [0.1, 0.15) is 39.3 Å². The van der Waals surface area contributed by atoms with Crippen molar-refractivity contribution >= 4 is 11.9 Å². The lowest BCUT2D eigenvalue weighted by Gasteiger charge is -2.26. The summed E-state index contributed by atoms with van der Waals surface area (Å²) >= 11 is 0. The Hall–Kier alpha value is -1.38. The highest BCUT2D eigenvalue weighted by atomic mass is 15.2. The van der Waals surface area contributed by atoms with Crippen LogP contribution in [0.15, 0.2) is 19.0 Å². The molecule has 0 aromatic carbocycles. The van der Waals surface area contributed by atoms with E-state index in [9.17, 15) is 0 Å². The van der Waals surface area contributed by atoms with Crippen LogP contribution in [0, 0.1) is 5.92 Å². The molecule has 0 saturated carbocycles. The quantitative estimate of drug-likeness (QED) is 0.723. The zero-order chi connectivity index (χ0) is 12.7. The van der Waals surface area contributed by atoms with Crippen molar-refractivity contribution in [2.24, 2.45) is 5.92 Å². The van der Waals surface area contributed by atoms with Gasteiger partial charge in [-0.2, -0.15) is 0 Å². The summed E-state index contributed by atoms with van der Waals surface area (Å²) in [6, 6.07) is 0. The number of nitrogens with zero attached hydrogens (tertiary/aromatic N) is 3. The van der Waals surface area contributed by atoms with E-state index >= 15 is 0 Å². The maximum atomic E-state index is 4.54. The average Bonchev–Trinajstić information content (AvgIpc) is 2.38. The summed E-state index contributed by atoms with van der Waals surface area (Å²) in [6.45, 7) is 12.5. The lowest BCUT2D eigenvalue weighted by Crippen LogP contribution is -2.30. The molecule has 1 atom stereocenters. The fourth-order valence-corrected chi connectivity index (χ4v) is 1.70. The molecule has 3 nitrogen and oxygen atoms in total. The molecule has 0 amide bonds. The normalized spacial score (nSPS) is 12.2. The fraction of sp³-hybridized carbons (Fsp3) is 0.571. The smallest absolute Gasteiger partial charge is 0.147 e. The Balaban J connectivity index is 2.83. The SMILES string of the molecule is C=Cc1cncc(N(CCC)CC(C)CC)n1. The van der Waals surface area contributed by atoms with E-state index in [1.54, 1.807) is 12.3 Å². The summed E-state index contributed by atoms with van der Waals surface area (Å²) in [4.78, 5) is 11.1. The Kier molecular flexibility index (Phi) is 5.67. The molecule has 1 heterocycles. The van der Waals surface area contributed by atoms with E-state index < -0.39 is 0 Å². The van der Waals surface area contributed by atoms with Crippen molar-refractivity contribution in [3.05, 3.63) is 24.7 Å². The predicted molar refractivity (Wildman–Crippen MR) is 74.1 cm³/mol. The minimum atomic E-state index is 0.677.